The molecule has 1 rings (SSSR count). The molecule has 0 aliphatic heterocycles. The maximum atomic E-state index is 11.2. The van der Waals surface area contributed by atoms with Crippen LogP contribution in [0.3, 0.4) is 0 Å². The van der Waals surface area contributed by atoms with Gasteiger partial charge in [-0.2, -0.15) is 5.10 Å². The Balaban J connectivity index is 2.17. The third kappa shape index (κ3) is 8.55. The molecule has 0 radical (unpaired) electrons. The van der Waals surface area contributed by atoms with Crippen LogP contribution in [-0.2, 0) is 23.1 Å². The van der Waals surface area contributed by atoms with E-state index >= 15 is 0 Å². The maximum absolute atomic E-state index is 11.2. The van der Waals surface area contributed by atoms with E-state index in [0.717, 1.165) is 50.4 Å². The van der Waals surface area contributed by atoms with E-state index in [9.17, 15) is 4.79 Å². The van der Waals surface area contributed by atoms with Crippen LogP contribution in [0, 0.1) is 0 Å². The summed E-state index contributed by atoms with van der Waals surface area (Å²) >= 11 is 0. The van der Waals surface area contributed by atoms with Crippen LogP contribution in [-0.4, -0.2) is 41.4 Å². The van der Waals surface area contributed by atoms with Gasteiger partial charge in [-0.1, -0.05) is 12.8 Å². The number of carbonyl (C=O) groups excluding carboxylic acids is 1. The predicted octanol–water partition coefficient (Wildman–Crippen LogP) is 1.99. The van der Waals surface area contributed by atoms with Crippen molar-refractivity contribution in [1.29, 1.82) is 0 Å². The first kappa shape index (κ1) is 20.0. The minimum Gasteiger partial charge on any atom is -0.466 e. The Kier molecular flexibility index (Phi) is 10.3. The molecule has 0 aliphatic rings. The van der Waals surface area contributed by atoms with Crippen LogP contribution < -0.4 is 10.6 Å². The summed E-state index contributed by atoms with van der Waals surface area (Å²) in [6, 6.07) is 1.97. The van der Waals surface area contributed by atoms with Gasteiger partial charge in [0.1, 0.15) is 0 Å². The standard InChI is InChI=1S/C17H31N5O2/c1-4-18-17(20-14-15-11-13-21-22(15)3)19-12-9-7-6-8-10-16(23)24-5-2/h11,13H,4-10,12,14H2,1-3H3,(H2,18,19,20). The second-order valence-electron chi connectivity index (χ2n) is 5.54. The monoisotopic (exact) mass is 337 g/mol. The molecule has 0 aromatic carbocycles. The van der Waals surface area contributed by atoms with Crippen molar-refractivity contribution in [3.63, 3.8) is 0 Å². The second kappa shape index (κ2) is 12.4. The molecule has 7 nitrogen and oxygen atoms in total. The highest BCUT2D eigenvalue weighted by Crippen LogP contribution is 2.03. The van der Waals surface area contributed by atoms with Crippen LogP contribution in [0.4, 0.5) is 0 Å². The zero-order valence-corrected chi connectivity index (χ0v) is 15.2. The Hall–Kier alpha value is -2.05. The number of rotatable bonds is 11. The molecule has 0 atom stereocenters. The van der Waals surface area contributed by atoms with E-state index in [0.29, 0.717) is 19.6 Å². The van der Waals surface area contributed by atoms with Gasteiger partial charge in [0.15, 0.2) is 5.96 Å². The number of esters is 1. The first-order valence-corrected chi connectivity index (χ1v) is 8.82. The molecule has 136 valence electrons. The summed E-state index contributed by atoms with van der Waals surface area (Å²) in [5.41, 5.74) is 1.08. The summed E-state index contributed by atoms with van der Waals surface area (Å²) in [4.78, 5) is 15.8. The zero-order chi connectivity index (χ0) is 17.6. The number of unbranched alkanes of at least 4 members (excludes halogenated alkanes) is 3. The number of aryl methyl sites for hydroxylation is 1. The van der Waals surface area contributed by atoms with E-state index in [-0.39, 0.29) is 5.97 Å². The molecular formula is C17H31N5O2. The molecule has 7 heteroatoms. The van der Waals surface area contributed by atoms with Crippen molar-refractivity contribution < 1.29 is 9.53 Å². The van der Waals surface area contributed by atoms with Crippen LogP contribution in [0.5, 0.6) is 0 Å². The van der Waals surface area contributed by atoms with Gasteiger partial charge in [0.25, 0.3) is 0 Å². The number of nitrogens with zero attached hydrogens (tertiary/aromatic N) is 3. The number of carbonyl (C=O) groups is 1. The lowest BCUT2D eigenvalue weighted by Crippen LogP contribution is -2.37. The smallest absolute Gasteiger partial charge is 0.305 e. The molecular weight excluding hydrogens is 306 g/mol. The number of hydrogen-bond donors (Lipinski definition) is 2. The molecule has 0 saturated heterocycles. The summed E-state index contributed by atoms with van der Waals surface area (Å²) in [5, 5.41) is 10.7. The topological polar surface area (TPSA) is 80.5 Å². The third-order valence-electron chi connectivity index (χ3n) is 3.57. The Morgan fingerprint density at radius 1 is 1.25 bits per heavy atom. The van der Waals surface area contributed by atoms with Gasteiger partial charge in [0.05, 0.1) is 18.8 Å². The average molecular weight is 337 g/mol. The Bertz CT molecular complexity index is 499. The fraction of sp³-hybridized carbons (Fsp3) is 0.706. The van der Waals surface area contributed by atoms with Gasteiger partial charge >= 0.3 is 5.97 Å². The lowest BCUT2D eigenvalue weighted by atomic mass is 10.1. The largest absolute Gasteiger partial charge is 0.466 e. The van der Waals surface area contributed by atoms with Crippen LogP contribution >= 0.6 is 0 Å². The van der Waals surface area contributed by atoms with Gasteiger partial charge in [0.2, 0.25) is 0 Å². The average Bonchev–Trinajstić information content (AvgIpc) is 2.97. The van der Waals surface area contributed by atoms with Crippen molar-refractivity contribution >= 4 is 11.9 Å². The normalized spacial score (nSPS) is 11.4. The SMILES string of the molecule is CCNC(=NCc1ccnn1C)NCCCCCCC(=O)OCC. The van der Waals surface area contributed by atoms with E-state index in [1.54, 1.807) is 6.20 Å². The fourth-order valence-corrected chi connectivity index (χ4v) is 2.25. The van der Waals surface area contributed by atoms with Crippen molar-refractivity contribution in [2.45, 2.75) is 52.5 Å². The molecule has 0 aliphatic carbocycles. The van der Waals surface area contributed by atoms with E-state index in [1.165, 1.54) is 0 Å². The molecule has 24 heavy (non-hydrogen) atoms. The Morgan fingerprint density at radius 2 is 2.04 bits per heavy atom. The number of ether oxygens (including phenoxy) is 1. The minimum atomic E-state index is -0.0904. The summed E-state index contributed by atoms with van der Waals surface area (Å²) < 4.78 is 6.74. The molecule has 1 aromatic rings. The summed E-state index contributed by atoms with van der Waals surface area (Å²) in [6.07, 6.45) is 6.39. The molecule has 0 saturated carbocycles. The van der Waals surface area contributed by atoms with Crippen molar-refractivity contribution in [2.24, 2.45) is 12.0 Å². The van der Waals surface area contributed by atoms with Crippen molar-refractivity contribution in [3.8, 4) is 0 Å². The molecule has 0 unspecified atom stereocenters. The van der Waals surface area contributed by atoms with Gasteiger partial charge in [-0.3, -0.25) is 9.48 Å². The molecule has 2 N–H and O–H groups in total. The van der Waals surface area contributed by atoms with Crippen molar-refractivity contribution in [1.82, 2.24) is 20.4 Å². The number of aliphatic imine (C=N–C) groups is 1. The first-order valence-electron chi connectivity index (χ1n) is 8.82. The molecule has 0 bridgehead atoms. The first-order chi connectivity index (χ1) is 11.7. The van der Waals surface area contributed by atoms with Crippen LogP contribution in [0.25, 0.3) is 0 Å². The van der Waals surface area contributed by atoms with Gasteiger partial charge in [-0.05, 0) is 32.8 Å². The molecule has 1 heterocycles. The highest BCUT2D eigenvalue weighted by atomic mass is 16.5. The van der Waals surface area contributed by atoms with E-state index < -0.39 is 0 Å². The summed E-state index contributed by atoms with van der Waals surface area (Å²) in [6.45, 7) is 6.66. The number of nitrogens with one attached hydrogen (secondary N) is 2. The number of hydrogen-bond acceptors (Lipinski definition) is 4. The quantitative estimate of drug-likeness (QED) is 0.279. The minimum absolute atomic E-state index is 0.0904. The maximum Gasteiger partial charge on any atom is 0.305 e. The van der Waals surface area contributed by atoms with Crippen LogP contribution in [0.15, 0.2) is 17.3 Å². The summed E-state index contributed by atoms with van der Waals surface area (Å²) in [7, 11) is 1.92. The Morgan fingerprint density at radius 3 is 2.71 bits per heavy atom. The zero-order valence-electron chi connectivity index (χ0n) is 15.2. The van der Waals surface area contributed by atoms with Crippen molar-refractivity contribution in [2.75, 3.05) is 19.7 Å². The molecule has 0 amide bonds. The van der Waals surface area contributed by atoms with Crippen LogP contribution in [0.2, 0.25) is 0 Å². The van der Waals surface area contributed by atoms with E-state index in [1.807, 2.05) is 24.7 Å². The highest BCUT2D eigenvalue weighted by molar-refractivity contribution is 5.79. The third-order valence-corrected chi connectivity index (χ3v) is 3.57. The van der Waals surface area contributed by atoms with E-state index in [2.05, 4.69) is 27.6 Å². The molecule has 0 spiro atoms. The predicted molar refractivity (Wildman–Crippen MR) is 95.7 cm³/mol. The lowest BCUT2D eigenvalue weighted by Gasteiger charge is -2.11. The van der Waals surface area contributed by atoms with Gasteiger partial charge in [0, 0.05) is 32.8 Å². The second-order valence-corrected chi connectivity index (χ2v) is 5.54. The van der Waals surface area contributed by atoms with Gasteiger partial charge in [-0.15, -0.1) is 0 Å². The van der Waals surface area contributed by atoms with Crippen molar-refractivity contribution in [3.05, 3.63) is 18.0 Å². The van der Waals surface area contributed by atoms with Gasteiger partial charge in [-0.25, -0.2) is 4.99 Å². The summed E-state index contributed by atoms with van der Waals surface area (Å²) in [5.74, 6) is 0.734. The van der Waals surface area contributed by atoms with Crippen LogP contribution in [0.1, 0.15) is 51.6 Å². The molecule has 0 fully saturated rings. The number of aromatic nitrogens is 2. The Labute approximate surface area is 144 Å². The molecule has 1 aromatic heterocycles. The highest BCUT2D eigenvalue weighted by Gasteiger charge is 2.02. The van der Waals surface area contributed by atoms with Gasteiger partial charge < -0.3 is 15.4 Å². The number of guanidine groups is 1. The lowest BCUT2D eigenvalue weighted by molar-refractivity contribution is -0.143. The van der Waals surface area contributed by atoms with E-state index in [4.69, 9.17) is 4.74 Å². The fourth-order valence-electron chi connectivity index (χ4n) is 2.25.